The molecule has 0 aromatic rings. The van der Waals surface area contributed by atoms with Gasteiger partial charge in [-0.05, 0) is 18.1 Å². The average Bonchev–Trinajstić information content (AvgIpc) is 2.26. The molecule has 0 N–H and O–H groups in total. The van der Waals surface area contributed by atoms with Crippen molar-refractivity contribution in [1.82, 2.24) is 4.90 Å². The molecule has 4 heteroatoms. The van der Waals surface area contributed by atoms with Crippen molar-refractivity contribution in [3.8, 4) is 0 Å². The number of nitrogens with zero attached hydrogens (tertiary/aromatic N) is 1. The molecule has 1 aliphatic rings. The second kappa shape index (κ2) is 4.09. The van der Waals surface area contributed by atoms with Crippen molar-refractivity contribution in [2.45, 2.75) is 58.9 Å². The first kappa shape index (κ1) is 14.7. The number of carbonyl (C=O) groups is 1. The minimum atomic E-state index is -1.88. The largest absolute Gasteiger partial charge is 0.404 e. The number of rotatable bonds is 2. The first-order valence-corrected chi connectivity index (χ1v) is 9.22. The van der Waals surface area contributed by atoms with Crippen LogP contribution in [0.3, 0.4) is 0 Å². The van der Waals surface area contributed by atoms with E-state index in [4.69, 9.17) is 4.43 Å². The van der Waals surface area contributed by atoms with E-state index in [-0.39, 0.29) is 22.5 Å². The zero-order valence-electron chi connectivity index (χ0n) is 12.5. The molecule has 1 aliphatic heterocycles. The van der Waals surface area contributed by atoms with Crippen molar-refractivity contribution in [2.75, 3.05) is 13.6 Å². The Balaban J connectivity index is 2.92. The predicted octanol–water partition coefficient (Wildman–Crippen LogP) is 2.88. The van der Waals surface area contributed by atoms with Crippen LogP contribution >= 0.6 is 0 Å². The van der Waals surface area contributed by atoms with Crippen molar-refractivity contribution in [2.24, 2.45) is 5.41 Å². The Bertz CT molecular complexity index is 318. The second-order valence-corrected chi connectivity index (χ2v) is 12.2. The Hall–Kier alpha value is -0.353. The fourth-order valence-electron chi connectivity index (χ4n) is 1.99. The normalized spacial score (nSPS) is 25.5. The Kier molecular flexibility index (Phi) is 3.54. The Morgan fingerprint density at radius 2 is 1.82 bits per heavy atom. The predicted molar refractivity (Wildman–Crippen MR) is 73.5 cm³/mol. The molecule has 0 saturated carbocycles. The number of likely N-dealkylation sites (N-methyl/N-ethyl adjacent to an activating group) is 1. The van der Waals surface area contributed by atoms with Gasteiger partial charge in [-0.25, -0.2) is 0 Å². The van der Waals surface area contributed by atoms with Gasteiger partial charge in [-0.15, -0.1) is 0 Å². The van der Waals surface area contributed by atoms with Gasteiger partial charge in [-0.2, -0.15) is 0 Å². The molecule has 1 saturated heterocycles. The second-order valence-electron chi connectivity index (χ2n) is 7.44. The molecular formula is C13H27NO2Si. The molecule has 1 amide bonds. The van der Waals surface area contributed by atoms with Crippen LogP contribution in [-0.4, -0.2) is 38.8 Å². The van der Waals surface area contributed by atoms with Gasteiger partial charge in [-0.3, -0.25) is 4.79 Å². The van der Waals surface area contributed by atoms with Crippen molar-refractivity contribution in [3.63, 3.8) is 0 Å². The van der Waals surface area contributed by atoms with E-state index in [1.165, 1.54) is 0 Å². The summed E-state index contributed by atoms with van der Waals surface area (Å²) < 4.78 is 6.31. The average molecular weight is 257 g/mol. The molecule has 0 bridgehead atoms. The van der Waals surface area contributed by atoms with Crippen molar-refractivity contribution in [1.29, 1.82) is 0 Å². The molecule has 3 nitrogen and oxygen atoms in total. The molecule has 100 valence electrons. The quantitative estimate of drug-likeness (QED) is 0.712. The number of hydrogen-bond donors (Lipinski definition) is 0. The smallest absolute Gasteiger partial charge is 0.250 e. The summed E-state index contributed by atoms with van der Waals surface area (Å²) in [4.78, 5) is 13.9. The maximum atomic E-state index is 12.1. The highest BCUT2D eigenvalue weighted by atomic mass is 28.4. The molecule has 17 heavy (non-hydrogen) atoms. The molecule has 1 fully saturated rings. The summed E-state index contributed by atoms with van der Waals surface area (Å²) in [5, 5.41) is 0.143. The monoisotopic (exact) mass is 257 g/mol. The first-order chi connectivity index (χ1) is 7.38. The summed E-state index contributed by atoms with van der Waals surface area (Å²) in [6.07, 6.45) is -0.270. The maximum Gasteiger partial charge on any atom is 0.250 e. The summed E-state index contributed by atoms with van der Waals surface area (Å²) in [7, 11) is -0.0174. The topological polar surface area (TPSA) is 29.5 Å². The minimum Gasteiger partial charge on any atom is -0.404 e. The van der Waals surface area contributed by atoms with Gasteiger partial charge in [-0.1, -0.05) is 34.6 Å². The van der Waals surface area contributed by atoms with Crippen LogP contribution in [-0.2, 0) is 9.22 Å². The van der Waals surface area contributed by atoms with E-state index >= 15 is 0 Å². The van der Waals surface area contributed by atoms with Gasteiger partial charge in [0.2, 0.25) is 0 Å². The van der Waals surface area contributed by atoms with Crippen molar-refractivity contribution in [3.05, 3.63) is 0 Å². The van der Waals surface area contributed by atoms with Gasteiger partial charge in [0, 0.05) is 19.0 Å². The molecule has 0 aliphatic carbocycles. The molecule has 1 heterocycles. The minimum absolute atomic E-state index is 0.0820. The van der Waals surface area contributed by atoms with E-state index in [9.17, 15) is 4.79 Å². The third-order valence-corrected chi connectivity index (χ3v) is 8.61. The first-order valence-electron chi connectivity index (χ1n) is 6.31. The third-order valence-electron chi connectivity index (χ3n) is 4.17. The SMILES string of the molecule is CN1CC(C)(C)C(O[Si](C)(C)C(C)(C)C)C1=O. The van der Waals surface area contributed by atoms with Crippen LogP contribution in [0.2, 0.25) is 18.1 Å². The molecule has 0 spiro atoms. The molecule has 0 aromatic carbocycles. The van der Waals surface area contributed by atoms with E-state index in [0.717, 1.165) is 6.54 Å². The fraction of sp³-hybridized carbons (Fsp3) is 0.923. The lowest BCUT2D eigenvalue weighted by atomic mass is 9.90. The Labute approximate surface area is 107 Å². The number of likely N-dealkylation sites (tertiary alicyclic amines) is 1. The zero-order chi connectivity index (χ0) is 13.6. The van der Waals surface area contributed by atoms with E-state index < -0.39 is 8.32 Å². The van der Waals surface area contributed by atoms with Crippen molar-refractivity contribution >= 4 is 14.2 Å². The van der Waals surface area contributed by atoms with Crippen molar-refractivity contribution < 1.29 is 9.22 Å². The lowest BCUT2D eigenvalue weighted by Gasteiger charge is -2.40. The van der Waals surface area contributed by atoms with E-state index in [1.54, 1.807) is 4.90 Å². The number of amides is 1. The van der Waals surface area contributed by atoms with Crippen LogP contribution in [0.5, 0.6) is 0 Å². The Morgan fingerprint density at radius 3 is 2.12 bits per heavy atom. The van der Waals surface area contributed by atoms with Crippen LogP contribution in [0.1, 0.15) is 34.6 Å². The maximum absolute atomic E-state index is 12.1. The summed E-state index contributed by atoms with van der Waals surface area (Å²) in [5.41, 5.74) is -0.0820. The van der Waals surface area contributed by atoms with Gasteiger partial charge in [0.15, 0.2) is 8.32 Å². The molecule has 0 radical (unpaired) electrons. The van der Waals surface area contributed by atoms with Crippen LogP contribution in [0, 0.1) is 5.41 Å². The molecule has 1 unspecified atom stereocenters. The molecule has 1 rings (SSSR count). The van der Waals surface area contributed by atoms with Crippen LogP contribution in [0.4, 0.5) is 0 Å². The lowest BCUT2D eigenvalue weighted by molar-refractivity contribution is -0.134. The van der Waals surface area contributed by atoms with Gasteiger partial charge in [0.05, 0.1) is 0 Å². The summed E-state index contributed by atoms with van der Waals surface area (Å²) in [5.74, 6) is 0.139. The summed E-state index contributed by atoms with van der Waals surface area (Å²) in [6, 6.07) is 0. The summed E-state index contributed by atoms with van der Waals surface area (Å²) in [6.45, 7) is 16.0. The lowest BCUT2D eigenvalue weighted by Crippen LogP contribution is -2.49. The number of hydrogen-bond acceptors (Lipinski definition) is 2. The highest BCUT2D eigenvalue weighted by Gasteiger charge is 2.50. The third kappa shape index (κ3) is 2.73. The molecule has 1 atom stereocenters. The fourth-order valence-corrected chi connectivity index (χ4v) is 3.35. The van der Waals surface area contributed by atoms with Gasteiger partial charge in [0.25, 0.3) is 5.91 Å². The zero-order valence-corrected chi connectivity index (χ0v) is 13.5. The van der Waals surface area contributed by atoms with Gasteiger partial charge in [0.1, 0.15) is 6.10 Å². The van der Waals surface area contributed by atoms with Crippen LogP contribution < -0.4 is 0 Å². The van der Waals surface area contributed by atoms with Gasteiger partial charge < -0.3 is 9.33 Å². The van der Waals surface area contributed by atoms with Gasteiger partial charge >= 0.3 is 0 Å². The van der Waals surface area contributed by atoms with E-state index in [2.05, 4.69) is 47.7 Å². The molecular weight excluding hydrogens is 230 g/mol. The molecule has 0 aromatic heterocycles. The highest BCUT2D eigenvalue weighted by molar-refractivity contribution is 6.74. The number of carbonyl (C=O) groups excluding carboxylic acids is 1. The van der Waals surface area contributed by atoms with Crippen LogP contribution in [0.15, 0.2) is 0 Å². The summed E-state index contributed by atoms with van der Waals surface area (Å²) >= 11 is 0. The highest BCUT2D eigenvalue weighted by Crippen LogP contribution is 2.41. The van der Waals surface area contributed by atoms with E-state index in [1.807, 2.05) is 7.05 Å². The standard InChI is InChI=1S/C13H27NO2Si/c1-12(2,3)17(7,8)16-10-11(15)14(6)9-13(10,4)5/h10H,9H2,1-8H3. The Morgan fingerprint density at radius 1 is 1.35 bits per heavy atom. The van der Waals surface area contributed by atoms with E-state index in [0.29, 0.717) is 0 Å². The van der Waals surface area contributed by atoms with Crippen LogP contribution in [0.25, 0.3) is 0 Å².